The molecule has 1 saturated carbocycles. The number of fused-ring (bicyclic) bond motifs is 1. The number of benzene rings is 1. The molecule has 1 amide bonds. The van der Waals surface area contributed by atoms with Gasteiger partial charge in [0.1, 0.15) is 17.7 Å². The van der Waals surface area contributed by atoms with Crippen molar-refractivity contribution in [2.75, 3.05) is 18.5 Å². The van der Waals surface area contributed by atoms with Gasteiger partial charge in [0.15, 0.2) is 0 Å². The fraction of sp³-hybridized carbons (Fsp3) is 0.480. The molecule has 4 rings (SSSR count). The number of halogens is 1. The van der Waals surface area contributed by atoms with Gasteiger partial charge in [0, 0.05) is 30.8 Å². The second kappa shape index (κ2) is 10.7. The highest BCUT2D eigenvalue weighted by Crippen LogP contribution is 2.34. The van der Waals surface area contributed by atoms with Gasteiger partial charge in [-0.25, -0.2) is 14.2 Å². The largest absolute Gasteiger partial charge is 0.480 e. The van der Waals surface area contributed by atoms with Crippen molar-refractivity contribution in [1.82, 2.24) is 10.3 Å². The highest BCUT2D eigenvalue weighted by atomic mass is 19.1. The van der Waals surface area contributed by atoms with Crippen LogP contribution in [0.2, 0.25) is 0 Å². The maximum Gasteiger partial charge on any atom is 0.326 e. The Balaban J connectivity index is 1.14. The standard InChI is InChI=1S/C25H30FN3O4/c26-19-7-4-18(5-8-19)24(30)29-22(25(31)32)11-13-33-21-14-16(15-21)3-9-20-10-6-17-2-1-12-27-23(17)28-20/h4-8,10,16,21-22H,1-3,9,11-15H2,(H,27,28)(H,29,30)(H,31,32)/t16-,21+,22-/m0/s1. The smallest absolute Gasteiger partial charge is 0.326 e. The number of rotatable bonds is 10. The van der Waals surface area contributed by atoms with Crippen LogP contribution >= 0.6 is 0 Å². The molecule has 1 fully saturated rings. The molecular formula is C25H30FN3O4. The van der Waals surface area contributed by atoms with Crippen LogP contribution in [0.25, 0.3) is 0 Å². The van der Waals surface area contributed by atoms with Gasteiger partial charge < -0.3 is 20.5 Å². The van der Waals surface area contributed by atoms with E-state index in [1.807, 2.05) is 0 Å². The minimum atomic E-state index is -1.12. The monoisotopic (exact) mass is 455 g/mol. The number of aryl methyl sites for hydroxylation is 2. The number of pyridine rings is 1. The van der Waals surface area contributed by atoms with Crippen LogP contribution in [0.1, 0.15) is 53.7 Å². The lowest BCUT2D eigenvalue weighted by Crippen LogP contribution is -2.42. The van der Waals surface area contributed by atoms with Crippen molar-refractivity contribution >= 4 is 17.7 Å². The van der Waals surface area contributed by atoms with Gasteiger partial charge in [-0.3, -0.25) is 4.79 Å². The Hall–Kier alpha value is -3.00. The van der Waals surface area contributed by atoms with Crippen LogP contribution in [-0.4, -0.2) is 47.3 Å². The van der Waals surface area contributed by atoms with Gasteiger partial charge in [-0.15, -0.1) is 0 Å². The number of amides is 1. The summed E-state index contributed by atoms with van der Waals surface area (Å²) < 4.78 is 18.8. The van der Waals surface area contributed by atoms with E-state index < -0.39 is 23.7 Å². The van der Waals surface area contributed by atoms with Crippen molar-refractivity contribution in [3.63, 3.8) is 0 Å². The van der Waals surface area contributed by atoms with Crippen LogP contribution in [0.4, 0.5) is 10.2 Å². The van der Waals surface area contributed by atoms with Crippen molar-refractivity contribution < 1.29 is 23.8 Å². The number of hydrogen-bond donors (Lipinski definition) is 3. The second-order valence-electron chi connectivity index (χ2n) is 8.87. The lowest BCUT2D eigenvalue weighted by molar-refractivity contribution is -0.140. The molecule has 1 atom stereocenters. The molecule has 3 N–H and O–H groups in total. The number of carbonyl (C=O) groups excluding carboxylic acids is 1. The van der Waals surface area contributed by atoms with Crippen LogP contribution in [0.5, 0.6) is 0 Å². The number of anilines is 1. The Bertz CT molecular complexity index is 976. The number of carboxylic acid groups (broad SMARTS) is 1. The van der Waals surface area contributed by atoms with E-state index in [0.717, 1.165) is 56.6 Å². The summed E-state index contributed by atoms with van der Waals surface area (Å²) in [6.07, 6.45) is 6.50. The number of carboxylic acids is 1. The Morgan fingerprint density at radius 3 is 2.76 bits per heavy atom. The van der Waals surface area contributed by atoms with E-state index in [1.54, 1.807) is 0 Å². The van der Waals surface area contributed by atoms with Crippen molar-refractivity contribution in [3.8, 4) is 0 Å². The first kappa shape index (κ1) is 23.2. The summed E-state index contributed by atoms with van der Waals surface area (Å²) in [7, 11) is 0. The predicted molar refractivity (Wildman–Crippen MR) is 122 cm³/mol. The number of carbonyl (C=O) groups is 2. The maximum absolute atomic E-state index is 13.0. The summed E-state index contributed by atoms with van der Waals surface area (Å²) in [5, 5.41) is 15.3. The zero-order valence-corrected chi connectivity index (χ0v) is 18.6. The highest BCUT2D eigenvalue weighted by Gasteiger charge is 2.30. The van der Waals surface area contributed by atoms with Crippen LogP contribution < -0.4 is 10.6 Å². The number of ether oxygens (including phenoxy) is 1. The van der Waals surface area contributed by atoms with Gasteiger partial charge in [0.05, 0.1) is 6.10 Å². The minimum Gasteiger partial charge on any atom is -0.480 e. The average Bonchev–Trinajstić information content (AvgIpc) is 2.79. The molecular weight excluding hydrogens is 425 g/mol. The molecule has 176 valence electrons. The van der Waals surface area contributed by atoms with Crippen LogP contribution in [0.15, 0.2) is 36.4 Å². The number of aliphatic carboxylic acids is 1. The molecule has 0 spiro atoms. The van der Waals surface area contributed by atoms with Gasteiger partial charge in [-0.1, -0.05) is 6.07 Å². The van der Waals surface area contributed by atoms with Crippen LogP contribution in [-0.2, 0) is 22.4 Å². The van der Waals surface area contributed by atoms with E-state index >= 15 is 0 Å². The van der Waals surface area contributed by atoms with E-state index in [9.17, 15) is 19.1 Å². The number of nitrogens with one attached hydrogen (secondary N) is 2. The molecule has 1 aliphatic heterocycles. The topological polar surface area (TPSA) is 101 Å². The van der Waals surface area contributed by atoms with E-state index in [0.29, 0.717) is 5.92 Å². The van der Waals surface area contributed by atoms with Crippen LogP contribution in [0.3, 0.4) is 0 Å². The van der Waals surface area contributed by atoms with Crippen molar-refractivity contribution in [2.45, 2.75) is 57.1 Å². The van der Waals surface area contributed by atoms with E-state index in [2.05, 4.69) is 22.8 Å². The van der Waals surface area contributed by atoms with Crippen molar-refractivity contribution in [1.29, 1.82) is 0 Å². The zero-order chi connectivity index (χ0) is 23.2. The molecule has 2 aliphatic rings. The molecule has 33 heavy (non-hydrogen) atoms. The number of aromatic nitrogens is 1. The maximum atomic E-state index is 13.0. The Morgan fingerprint density at radius 2 is 2.00 bits per heavy atom. The fourth-order valence-electron chi connectivity index (χ4n) is 4.36. The molecule has 0 bridgehead atoms. The van der Waals surface area contributed by atoms with Gasteiger partial charge >= 0.3 is 5.97 Å². The summed E-state index contributed by atoms with van der Waals surface area (Å²) in [6.45, 7) is 1.25. The molecule has 0 saturated heterocycles. The Kier molecular flexibility index (Phi) is 7.54. The fourth-order valence-corrected chi connectivity index (χ4v) is 4.36. The molecule has 1 aromatic heterocycles. The van der Waals surface area contributed by atoms with E-state index in [4.69, 9.17) is 9.72 Å². The summed E-state index contributed by atoms with van der Waals surface area (Å²) in [5.74, 6) is -0.489. The van der Waals surface area contributed by atoms with Gasteiger partial charge in [0.25, 0.3) is 5.91 Å². The molecule has 1 aliphatic carbocycles. The molecule has 7 nitrogen and oxygen atoms in total. The summed E-state index contributed by atoms with van der Waals surface area (Å²) in [5.41, 5.74) is 2.64. The molecule has 1 aromatic carbocycles. The number of hydrogen-bond acceptors (Lipinski definition) is 5. The molecule has 0 unspecified atom stereocenters. The Morgan fingerprint density at radius 1 is 1.21 bits per heavy atom. The first-order valence-electron chi connectivity index (χ1n) is 11.6. The third-order valence-electron chi connectivity index (χ3n) is 6.42. The van der Waals surface area contributed by atoms with Crippen molar-refractivity contribution in [2.24, 2.45) is 5.92 Å². The molecule has 0 radical (unpaired) electrons. The summed E-state index contributed by atoms with van der Waals surface area (Å²) in [6, 6.07) is 8.24. The predicted octanol–water partition coefficient (Wildman–Crippen LogP) is 3.58. The summed E-state index contributed by atoms with van der Waals surface area (Å²) >= 11 is 0. The first-order valence-corrected chi connectivity index (χ1v) is 11.6. The third-order valence-corrected chi connectivity index (χ3v) is 6.42. The zero-order valence-electron chi connectivity index (χ0n) is 18.6. The van der Waals surface area contributed by atoms with E-state index in [-0.39, 0.29) is 24.7 Å². The van der Waals surface area contributed by atoms with Gasteiger partial charge in [-0.2, -0.15) is 0 Å². The normalized spacial score (nSPS) is 20.2. The molecule has 2 aromatic rings. The first-order chi connectivity index (χ1) is 16.0. The summed E-state index contributed by atoms with van der Waals surface area (Å²) in [4.78, 5) is 28.4. The van der Waals surface area contributed by atoms with Gasteiger partial charge in [-0.05, 0) is 80.3 Å². The Labute approximate surface area is 192 Å². The van der Waals surface area contributed by atoms with Crippen molar-refractivity contribution in [3.05, 3.63) is 59.0 Å². The van der Waals surface area contributed by atoms with E-state index in [1.165, 1.54) is 29.8 Å². The quantitative estimate of drug-likeness (QED) is 0.506. The van der Waals surface area contributed by atoms with Gasteiger partial charge in [0.2, 0.25) is 0 Å². The lowest BCUT2D eigenvalue weighted by Gasteiger charge is -2.35. The SMILES string of the molecule is O=C(N[C@@H](CCO[C@H]1C[C@@H](CCc2ccc3c(n2)NCCC3)C1)C(=O)O)c1ccc(F)cc1. The highest BCUT2D eigenvalue weighted by molar-refractivity contribution is 5.96. The average molecular weight is 456 g/mol. The molecule has 8 heteroatoms. The third kappa shape index (κ3) is 6.28. The second-order valence-corrected chi connectivity index (χ2v) is 8.87. The molecule has 2 heterocycles. The number of nitrogens with zero attached hydrogens (tertiary/aromatic N) is 1. The lowest BCUT2D eigenvalue weighted by atomic mass is 9.79. The minimum absolute atomic E-state index is 0.135. The van der Waals surface area contributed by atoms with Crippen LogP contribution in [0, 0.1) is 11.7 Å².